The third-order valence-corrected chi connectivity index (χ3v) is 4.46. The average Bonchev–Trinajstić information content (AvgIpc) is 3.06. The van der Waals surface area contributed by atoms with E-state index in [0.717, 1.165) is 22.7 Å². The Morgan fingerprint density at radius 2 is 1.63 bits per heavy atom. The van der Waals surface area contributed by atoms with Crippen molar-refractivity contribution in [3.8, 4) is 11.5 Å². The summed E-state index contributed by atoms with van der Waals surface area (Å²) in [5.41, 5.74) is 1.76. The summed E-state index contributed by atoms with van der Waals surface area (Å²) in [7, 11) is 3.21. The minimum atomic E-state index is -0.291. The van der Waals surface area contributed by atoms with E-state index < -0.39 is 0 Å². The standard InChI is InChI=1S/C20H23N3O4/c1-26-17-7-3-14(4-8-17)12-21-20(25)22-15-11-19(24)23(13-15)16-5-9-18(27-2)10-6-16/h3-10,15H,11-13H2,1-2H3,(H2,21,22,25)/t15-/m0/s1. The number of hydrogen-bond acceptors (Lipinski definition) is 4. The van der Waals surface area contributed by atoms with Crippen LogP contribution in [0.1, 0.15) is 12.0 Å². The van der Waals surface area contributed by atoms with E-state index in [9.17, 15) is 9.59 Å². The van der Waals surface area contributed by atoms with Crippen molar-refractivity contribution in [2.75, 3.05) is 25.7 Å². The summed E-state index contributed by atoms with van der Waals surface area (Å²) in [6, 6.07) is 14.2. The van der Waals surface area contributed by atoms with Crippen LogP contribution in [0.3, 0.4) is 0 Å². The van der Waals surface area contributed by atoms with Crippen LogP contribution in [0.5, 0.6) is 11.5 Å². The Kier molecular flexibility index (Phi) is 5.80. The Morgan fingerprint density at radius 3 is 2.22 bits per heavy atom. The number of methoxy groups -OCH3 is 2. The zero-order valence-electron chi connectivity index (χ0n) is 15.4. The number of rotatable bonds is 6. The molecule has 7 nitrogen and oxygen atoms in total. The Morgan fingerprint density at radius 1 is 1.04 bits per heavy atom. The molecule has 2 aromatic carbocycles. The second kappa shape index (κ2) is 8.44. The molecule has 142 valence electrons. The molecule has 0 aliphatic carbocycles. The van der Waals surface area contributed by atoms with Crippen molar-refractivity contribution in [2.24, 2.45) is 0 Å². The Bertz CT molecular complexity index is 790. The summed E-state index contributed by atoms with van der Waals surface area (Å²) >= 11 is 0. The first-order valence-corrected chi connectivity index (χ1v) is 8.71. The van der Waals surface area contributed by atoms with Crippen molar-refractivity contribution >= 4 is 17.6 Å². The monoisotopic (exact) mass is 369 g/mol. The molecule has 2 N–H and O–H groups in total. The van der Waals surface area contributed by atoms with Gasteiger partial charge >= 0.3 is 6.03 Å². The van der Waals surface area contributed by atoms with Crippen LogP contribution in [0.4, 0.5) is 10.5 Å². The largest absolute Gasteiger partial charge is 0.497 e. The van der Waals surface area contributed by atoms with E-state index in [2.05, 4.69) is 10.6 Å². The molecule has 1 aliphatic rings. The topological polar surface area (TPSA) is 79.9 Å². The van der Waals surface area contributed by atoms with Gasteiger partial charge in [-0.1, -0.05) is 12.1 Å². The third kappa shape index (κ3) is 4.69. The average molecular weight is 369 g/mol. The maximum Gasteiger partial charge on any atom is 0.315 e. The molecule has 1 atom stereocenters. The quantitative estimate of drug-likeness (QED) is 0.819. The van der Waals surface area contributed by atoms with E-state index >= 15 is 0 Å². The predicted octanol–water partition coefficient (Wildman–Crippen LogP) is 2.31. The molecular formula is C20H23N3O4. The molecular weight excluding hydrogens is 346 g/mol. The van der Waals surface area contributed by atoms with E-state index in [-0.39, 0.29) is 24.4 Å². The highest BCUT2D eigenvalue weighted by Gasteiger charge is 2.31. The minimum absolute atomic E-state index is 0.0133. The summed E-state index contributed by atoms with van der Waals surface area (Å²) in [4.78, 5) is 26.1. The summed E-state index contributed by atoms with van der Waals surface area (Å²) in [6.07, 6.45) is 0.280. The Balaban J connectivity index is 1.50. The van der Waals surface area contributed by atoms with Gasteiger partial charge in [0.15, 0.2) is 0 Å². The van der Waals surface area contributed by atoms with Gasteiger partial charge in [-0.2, -0.15) is 0 Å². The third-order valence-electron chi connectivity index (χ3n) is 4.46. The minimum Gasteiger partial charge on any atom is -0.497 e. The highest BCUT2D eigenvalue weighted by Crippen LogP contribution is 2.24. The van der Waals surface area contributed by atoms with Crippen LogP contribution in [-0.4, -0.2) is 38.7 Å². The van der Waals surface area contributed by atoms with Crippen molar-refractivity contribution in [2.45, 2.75) is 19.0 Å². The molecule has 1 heterocycles. The van der Waals surface area contributed by atoms with Crippen LogP contribution in [0, 0.1) is 0 Å². The molecule has 0 spiro atoms. The number of nitrogens with one attached hydrogen (secondary N) is 2. The summed E-state index contributed by atoms with van der Waals surface area (Å²) in [5.74, 6) is 1.49. The summed E-state index contributed by atoms with van der Waals surface area (Å²) in [6.45, 7) is 0.847. The lowest BCUT2D eigenvalue weighted by Gasteiger charge is -2.18. The molecule has 0 saturated carbocycles. The van der Waals surface area contributed by atoms with Crippen LogP contribution in [0.25, 0.3) is 0 Å². The fourth-order valence-electron chi connectivity index (χ4n) is 2.98. The van der Waals surface area contributed by atoms with Gasteiger partial charge < -0.3 is 25.0 Å². The number of hydrogen-bond donors (Lipinski definition) is 2. The van der Waals surface area contributed by atoms with Gasteiger partial charge in [0.1, 0.15) is 11.5 Å². The molecule has 0 aromatic heterocycles. The number of ether oxygens (including phenoxy) is 2. The Hall–Kier alpha value is -3.22. The number of urea groups is 1. The van der Waals surface area contributed by atoms with Crippen LogP contribution in [-0.2, 0) is 11.3 Å². The normalized spacial score (nSPS) is 16.1. The highest BCUT2D eigenvalue weighted by molar-refractivity contribution is 5.96. The van der Waals surface area contributed by atoms with Gasteiger partial charge in [-0.05, 0) is 42.0 Å². The number of nitrogens with zero attached hydrogens (tertiary/aromatic N) is 1. The van der Waals surface area contributed by atoms with E-state index in [1.54, 1.807) is 19.1 Å². The first kappa shape index (κ1) is 18.6. The number of anilines is 1. The van der Waals surface area contributed by atoms with Crippen LogP contribution < -0.4 is 25.0 Å². The van der Waals surface area contributed by atoms with Crippen LogP contribution in [0.2, 0.25) is 0 Å². The molecule has 3 rings (SSSR count). The lowest BCUT2D eigenvalue weighted by atomic mass is 10.2. The summed E-state index contributed by atoms with van der Waals surface area (Å²) < 4.78 is 10.2. The molecule has 1 saturated heterocycles. The van der Waals surface area contributed by atoms with Crippen LogP contribution >= 0.6 is 0 Å². The molecule has 0 radical (unpaired) electrons. The van der Waals surface area contributed by atoms with Gasteiger partial charge in [-0.3, -0.25) is 4.79 Å². The van der Waals surface area contributed by atoms with Gasteiger partial charge in [0.25, 0.3) is 0 Å². The lowest BCUT2D eigenvalue weighted by Crippen LogP contribution is -2.43. The Labute approximate surface area is 158 Å². The van der Waals surface area contributed by atoms with Crippen LogP contribution in [0.15, 0.2) is 48.5 Å². The number of carbonyl (C=O) groups is 2. The molecule has 7 heteroatoms. The highest BCUT2D eigenvalue weighted by atomic mass is 16.5. The number of amides is 3. The van der Waals surface area contributed by atoms with E-state index in [1.807, 2.05) is 48.5 Å². The first-order valence-electron chi connectivity index (χ1n) is 8.71. The predicted molar refractivity (Wildman–Crippen MR) is 102 cm³/mol. The molecule has 0 bridgehead atoms. The summed E-state index contributed by atoms with van der Waals surface area (Å²) in [5, 5.41) is 5.67. The van der Waals surface area contributed by atoms with Crippen molar-refractivity contribution < 1.29 is 19.1 Å². The lowest BCUT2D eigenvalue weighted by molar-refractivity contribution is -0.117. The first-order chi connectivity index (χ1) is 13.1. The fraction of sp³-hybridized carbons (Fsp3) is 0.300. The van der Waals surface area contributed by atoms with Crippen molar-refractivity contribution in [1.82, 2.24) is 10.6 Å². The molecule has 1 fully saturated rings. The van der Waals surface area contributed by atoms with E-state index in [4.69, 9.17) is 9.47 Å². The van der Waals surface area contributed by atoms with Gasteiger partial charge in [0.05, 0.1) is 20.3 Å². The molecule has 27 heavy (non-hydrogen) atoms. The van der Waals surface area contributed by atoms with Gasteiger partial charge in [0, 0.05) is 25.2 Å². The second-order valence-electron chi connectivity index (χ2n) is 6.28. The fourth-order valence-corrected chi connectivity index (χ4v) is 2.98. The maximum atomic E-state index is 12.3. The zero-order valence-corrected chi connectivity index (χ0v) is 15.4. The van der Waals surface area contributed by atoms with Crippen molar-refractivity contribution in [1.29, 1.82) is 0 Å². The molecule has 0 unspecified atom stereocenters. The van der Waals surface area contributed by atoms with E-state index in [0.29, 0.717) is 13.1 Å². The van der Waals surface area contributed by atoms with Crippen molar-refractivity contribution in [3.05, 3.63) is 54.1 Å². The van der Waals surface area contributed by atoms with Gasteiger partial charge in [0.2, 0.25) is 5.91 Å². The van der Waals surface area contributed by atoms with Gasteiger partial charge in [-0.15, -0.1) is 0 Å². The second-order valence-corrected chi connectivity index (χ2v) is 6.28. The molecule has 2 aromatic rings. The number of benzene rings is 2. The maximum absolute atomic E-state index is 12.3. The zero-order chi connectivity index (χ0) is 19.2. The molecule has 1 aliphatic heterocycles. The molecule has 3 amide bonds. The smallest absolute Gasteiger partial charge is 0.315 e. The number of carbonyl (C=O) groups excluding carboxylic acids is 2. The SMILES string of the molecule is COc1ccc(CNC(=O)N[C@H]2CC(=O)N(c3ccc(OC)cc3)C2)cc1. The van der Waals surface area contributed by atoms with Gasteiger partial charge in [-0.25, -0.2) is 4.79 Å². The van der Waals surface area contributed by atoms with Crippen molar-refractivity contribution in [3.63, 3.8) is 0 Å². The van der Waals surface area contributed by atoms with E-state index in [1.165, 1.54) is 0 Å².